The molecule has 3 N–H and O–H groups in total. The molecule has 1 amide bonds. The van der Waals surface area contributed by atoms with Crippen LogP contribution < -0.4 is 16.2 Å². The zero-order valence-electron chi connectivity index (χ0n) is 26.3. The first-order valence-electron chi connectivity index (χ1n) is 14.9. The average Bonchev–Trinajstić information content (AvgIpc) is 3.02. The van der Waals surface area contributed by atoms with Crippen LogP contribution in [0.2, 0.25) is 0 Å². The van der Waals surface area contributed by atoms with Crippen LogP contribution in [-0.4, -0.2) is 44.8 Å². The molecule has 5 aromatic rings. The van der Waals surface area contributed by atoms with Crippen molar-refractivity contribution in [2.24, 2.45) is 7.05 Å². The summed E-state index contributed by atoms with van der Waals surface area (Å²) in [5.41, 5.74) is 1.60. The maximum atomic E-state index is 15.1. The smallest absolute Gasteiger partial charge is 0.408 e. The van der Waals surface area contributed by atoms with Gasteiger partial charge in [0.05, 0.1) is 22.2 Å². The number of nitrogens with one attached hydrogen (secondary N) is 2. The van der Waals surface area contributed by atoms with Crippen LogP contribution >= 0.6 is 0 Å². The van der Waals surface area contributed by atoms with Gasteiger partial charge in [0.15, 0.2) is 0 Å². The van der Waals surface area contributed by atoms with Gasteiger partial charge in [-0.2, -0.15) is 13.2 Å². The van der Waals surface area contributed by atoms with Crippen molar-refractivity contribution in [3.63, 3.8) is 0 Å². The lowest BCUT2D eigenvalue weighted by molar-refractivity contribution is -0.143. The molecule has 13 heteroatoms. The van der Waals surface area contributed by atoms with E-state index in [9.17, 15) is 37.1 Å². The van der Waals surface area contributed by atoms with Crippen molar-refractivity contribution in [3.05, 3.63) is 105 Å². The molecule has 0 aliphatic heterocycles. The van der Waals surface area contributed by atoms with Crippen molar-refractivity contribution in [2.45, 2.75) is 51.9 Å². The van der Waals surface area contributed by atoms with Crippen LogP contribution in [0, 0.1) is 25.5 Å². The van der Waals surface area contributed by atoms with Crippen LogP contribution in [0.15, 0.2) is 65.6 Å². The highest BCUT2D eigenvalue weighted by molar-refractivity contribution is 6.00. The third-order valence-electron chi connectivity index (χ3n) is 8.43. The Balaban J connectivity index is 1.49. The van der Waals surface area contributed by atoms with Gasteiger partial charge in [0.25, 0.3) is 11.5 Å². The minimum Gasteiger partial charge on any atom is -0.480 e. The van der Waals surface area contributed by atoms with E-state index in [-0.39, 0.29) is 29.7 Å². The van der Waals surface area contributed by atoms with Gasteiger partial charge in [0.1, 0.15) is 23.7 Å². The summed E-state index contributed by atoms with van der Waals surface area (Å²) in [6, 6.07) is 9.14. The van der Waals surface area contributed by atoms with Gasteiger partial charge in [0, 0.05) is 41.7 Å². The molecule has 0 aliphatic rings. The molecule has 0 radical (unpaired) electrons. The Labute approximate surface area is 271 Å². The quantitative estimate of drug-likeness (QED) is 0.149. The van der Waals surface area contributed by atoms with Gasteiger partial charge in [-0.1, -0.05) is 25.1 Å². The van der Waals surface area contributed by atoms with E-state index in [1.165, 1.54) is 48.9 Å². The molecule has 48 heavy (non-hydrogen) atoms. The second-order valence-corrected chi connectivity index (χ2v) is 11.6. The van der Waals surface area contributed by atoms with E-state index in [4.69, 9.17) is 0 Å². The summed E-state index contributed by atoms with van der Waals surface area (Å²) in [6.07, 6.45) is -3.64. The van der Waals surface area contributed by atoms with Crippen molar-refractivity contribution in [1.29, 1.82) is 0 Å². The van der Waals surface area contributed by atoms with Gasteiger partial charge in [-0.05, 0) is 73.4 Å². The summed E-state index contributed by atoms with van der Waals surface area (Å²) in [5, 5.41) is 15.6. The number of amides is 1. The van der Waals surface area contributed by atoms with Crippen LogP contribution in [-0.2, 0) is 18.3 Å². The number of carboxylic acid groups (broad SMARTS) is 1. The zero-order chi connectivity index (χ0) is 35.1. The third-order valence-corrected chi connectivity index (χ3v) is 8.43. The molecular formula is C35H31F5N4O4. The molecule has 5 rings (SSSR count). The number of aromatic nitrogens is 2. The minimum absolute atomic E-state index is 0.00221. The maximum absolute atomic E-state index is 15.1. The lowest BCUT2D eigenvalue weighted by Crippen LogP contribution is -2.43. The number of aliphatic carboxylic acids is 1. The van der Waals surface area contributed by atoms with Crippen molar-refractivity contribution in [3.8, 4) is 11.1 Å². The third kappa shape index (κ3) is 6.44. The number of hydrogen-bond donors (Lipinski definition) is 3. The fourth-order valence-electron chi connectivity index (χ4n) is 5.98. The number of pyridine rings is 2. The van der Waals surface area contributed by atoms with E-state index in [1.54, 1.807) is 38.2 Å². The Bertz CT molecular complexity index is 2120. The van der Waals surface area contributed by atoms with Gasteiger partial charge in [-0.25, -0.2) is 13.6 Å². The van der Waals surface area contributed by atoms with Crippen molar-refractivity contribution in [1.82, 2.24) is 14.9 Å². The molecule has 0 spiro atoms. The summed E-state index contributed by atoms with van der Waals surface area (Å²) in [5.74, 6) is -4.07. The lowest BCUT2D eigenvalue weighted by Gasteiger charge is -2.22. The lowest BCUT2D eigenvalue weighted by atomic mass is 9.92. The number of aryl methyl sites for hydroxylation is 3. The molecule has 3 aromatic carbocycles. The maximum Gasteiger partial charge on any atom is 0.408 e. The van der Waals surface area contributed by atoms with Crippen molar-refractivity contribution >= 4 is 39.4 Å². The van der Waals surface area contributed by atoms with Crippen LogP contribution in [0.3, 0.4) is 0 Å². The summed E-state index contributed by atoms with van der Waals surface area (Å²) >= 11 is 0. The van der Waals surface area contributed by atoms with Crippen LogP contribution in [0.25, 0.3) is 32.9 Å². The number of nitrogens with zero attached hydrogens (tertiary/aromatic N) is 2. The number of carbonyl (C=O) groups is 2. The molecule has 8 nitrogen and oxygen atoms in total. The second-order valence-electron chi connectivity index (χ2n) is 11.6. The molecule has 0 fully saturated rings. The van der Waals surface area contributed by atoms with Gasteiger partial charge in [-0.3, -0.25) is 14.6 Å². The Hall–Kier alpha value is -5.33. The number of rotatable bonds is 9. The number of carbonyl (C=O) groups excluding carboxylic acids is 1. The highest BCUT2D eigenvalue weighted by Gasteiger charge is 2.38. The van der Waals surface area contributed by atoms with E-state index in [1.807, 2.05) is 0 Å². The molecule has 0 bridgehead atoms. The molecule has 2 aromatic heterocycles. The van der Waals surface area contributed by atoms with E-state index in [0.717, 1.165) is 6.07 Å². The predicted molar refractivity (Wildman–Crippen MR) is 172 cm³/mol. The predicted octanol–water partition coefficient (Wildman–Crippen LogP) is 6.83. The Kier molecular flexibility index (Phi) is 9.25. The molecule has 2 heterocycles. The highest BCUT2D eigenvalue weighted by Crippen LogP contribution is 2.33. The second kappa shape index (κ2) is 13.1. The van der Waals surface area contributed by atoms with Gasteiger partial charge in [0.2, 0.25) is 0 Å². The molecular weight excluding hydrogens is 635 g/mol. The number of fused-ring (bicyclic) bond motifs is 2. The normalized spacial score (nSPS) is 13.0. The summed E-state index contributed by atoms with van der Waals surface area (Å²) in [4.78, 5) is 43.6. The minimum atomic E-state index is -4.58. The summed E-state index contributed by atoms with van der Waals surface area (Å²) < 4.78 is 70.4. The van der Waals surface area contributed by atoms with E-state index in [0.29, 0.717) is 44.1 Å². The Morgan fingerprint density at radius 2 is 1.75 bits per heavy atom. The van der Waals surface area contributed by atoms with Crippen molar-refractivity contribution < 1.29 is 36.6 Å². The number of anilines is 1. The number of carboxylic acids is 1. The van der Waals surface area contributed by atoms with Gasteiger partial charge >= 0.3 is 12.1 Å². The Morgan fingerprint density at radius 3 is 2.40 bits per heavy atom. The SMILES string of the molecule is CC[C@@H](Nc1cc(C)c(C(=O)N[C@@H](Cc2ccc(-c3c(C)c4cc(F)ccc4n(C)c3=O)c3ncccc23)C(=O)O)c(F)c1)C(F)(F)F. The molecule has 0 saturated heterocycles. The monoisotopic (exact) mass is 666 g/mol. The molecule has 250 valence electrons. The van der Waals surface area contributed by atoms with Crippen molar-refractivity contribution in [2.75, 3.05) is 5.32 Å². The van der Waals surface area contributed by atoms with Crippen LogP contribution in [0.5, 0.6) is 0 Å². The first-order chi connectivity index (χ1) is 22.6. The first-order valence-corrected chi connectivity index (χ1v) is 14.9. The van der Waals surface area contributed by atoms with Crippen LogP contribution in [0.4, 0.5) is 27.6 Å². The standard InChI is InChI=1S/C35H31F5N4O4/c1-5-28(35(38,39)40)42-21-13-17(2)29(25(37)16-21)32(45)43-26(34(47)48)14-19-8-10-23(31-22(19)7-6-12-41-31)30-18(3)24-15-20(36)9-11-27(24)44(4)33(30)46/h6-13,15-16,26,28,42H,5,14H2,1-4H3,(H,43,45)(H,47,48)/t26-,28+/m0/s1. The Morgan fingerprint density at radius 1 is 1.02 bits per heavy atom. The number of halogens is 5. The van der Waals surface area contributed by atoms with Crippen LogP contribution in [0.1, 0.15) is 40.4 Å². The number of alkyl halides is 3. The van der Waals surface area contributed by atoms with E-state index < -0.39 is 47.3 Å². The number of benzene rings is 3. The fraction of sp³-hybridized carbons (Fsp3) is 0.257. The summed E-state index contributed by atoms with van der Waals surface area (Å²) in [6.45, 7) is 4.36. The number of hydrogen-bond acceptors (Lipinski definition) is 5. The van der Waals surface area contributed by atoms with Gasteiger partial charge in [-0.15, -0.1) is 0 Å². The largest absolute Gasteiger partial charge is 0.480 e. The highest BCUT2D eigenvalue weighted by atomic mass is 19.4. The van der Waals surface area contributed by atoms with E-state index >= 15 is 4.39 Å². The summed E-state index contributed by atoms with van der Waals surface area (Å²) in [7, 11) is 1.58. The van der Waals surface area contributed by atoms with E-state index in [2.05, 4.69) is 15.6 Å². The average molecular weight is 667 g/mol. The fourth-order valence-corrected chi connectivity index (χ4v) is 5.98. The molecule has 0 unspecified atom stereocenters. The first kappa shape index (κ1) is 34.0. The molecule has 2 atom stereocenters. The molecule has 0 aliphatic carbocycles. The van der Waals surface area contributed by atoms with Gasteiger partial charge < -0.3 is 20.3 Å². The topological polar surface area (TPSA) is 113 Å². The molecule has 0 saturated carbocycles. The zero-order valence-corrected chi connectivity index (χ0v) is 26.3.